The summed E-state index contributed by atoms with van der Waals surface area (Å²) in [5.41, 5.74) is 3.36. The van der Waals surface area contributed by atoms with Crippen molar-refractivity contribution in [1.82, 2.24) is 9.88 Å². The van der Waals surface area contributed by atoms with Gasteiger partial charge in [0.1, 0.15) is 11.5 Å². The van der Waals surface area contributed by atoms with Crippen LogP contribution in [0.25, 0.3) is 10.9 Å². The first-order valence-electron chi connectivity index (χ1n) is 11.0. The number of anilines is 1. The molecule has 0 unspecified atom stereocenters. The van der Waals surface area contributed by atoms with E-state index >= 15 is 0 Å². The van der Waals surface area contributed by atoms with Crippen LogP contribution in [0.1, 0.15) is 30.7 Å². The van der Waals surface area contributed by atoms with Crippen molar-refractivity contribution < 1.29 is 9.15 Å². The number of para-hydroxylation sites is 1. The van der Waals surface area contributed by atoms with Gasteiger partial charge >= 0.3 is 0 Å². The molecule has 0 aliphatic heterocycles. The largest absolute Gasteiger partial charge is 0.494 e. The molecular formula is C26H27N3O3S. The lowest BCUT2D eigenvalue weighted by Gasteiger charge is -2.25. The number of hydrogen-bond acceptors (Lipinski definition) is 4. The van der Waals surface area contributed by atoms with Gasteiger partial charge in [-0.25, -0.2) is 0 Å². The predicted octanol–water partition coefficient (Wildman–Crippen LogP) is 5.48. The molecule has 0 saturated carbocycles. The molecule has 170 valence electrons. The maximum absolute atomic E-state index is 12.9. The van der Waals surface area contributed by atoms with E-state index in [1.165, 1.54) is 5.56 Å². The summed E-state index contributed by atoms with van der Waals surface area (Å²) in [7, 11) is 0. The Balaban J connectivity index is 1.64. The van der Waals surface area contributed by atoms with Crippen molar-refractivity contribution in [3.63, 3.8) is 0 Å². The number of aryl methyl sites for hydroxylation is 1. The number of benzene rings is 2. The third kappa shape index (κ3) is 5.43. The van der Waals surface area contributed by atoms with Crippen LogP contribution in [-0.4, -0.2) is 21.6 Å². The molecule has 4 rings (SSSR count). The van der Waals surface area contributed by atoms with Crippen LogP contribution in [-0.2, 0) is 19.5 Å². The molecule has 2 heterocycles. The topological polar surface area (TPSA) is 70.5 Å². The number of hydrogen-bond donors (Lipinski definition) is 2. The van der Waals surface area contributed by atoms with Crippen LogP contribution in [0.3, 0.4) is 0 Å². The number of pyridine rings is 1. The summed E-state index contributed by atoms with van der Waals surface area (Å²) in [5.74, 6) is 1.53. The van der Waals surface area contributed by atoms with E-state index in [2.05, 4.69) is 23.3 Å². The third-order valence-corrected chi connectivity index (χ3v) is 5.78. The molecule has 4 aromatic rings. The molecule has 0 fully saturated rings. The second kappa shape index (κ2) is 10.4. The molecule has 2 aromatic heterocycles. The fourth-order valence-electron chi connectivity index (χ4n) is 3.74. The molecule has 0 spiro atoms. The summed E-state index contributed by atoms with van der Waals surface area (Å²) in [6, 6.07) is 19.4. The van der Waals surface area contributed by atoms with Crippen LogP contribution in [0.2, 0.25) is 0 Å². The molecule has 0 aliphatic rings. The van der Waals surface area contributed by atoms with Gasteiger partial charge in [-0.1, -0.05) is 25.1 Å². The van der Waals surface area contributed by atoms with E-state index in [0.29, 0.717) is 30.4 Å². The van der Waals surface area contributed by atoms with Gasteiger partial charge in [0.05, 0.1) is 26.0 Å². The minimum atomic E-state index is -0.145. The molecule has 2 N–H and O–H groups in total. The van der Waals surface area contributed by atoms with Crippen molar-refractivity contribution in [3.8, 4) is 5.75 Å². The monoisotopic (exact) mass is 461 g/mol. The highest BCUT2D eigenvalue weighted by Gasteiger charge is 2.16. The number of H-pyrrole nitrogens is 1. The number of aromatic nitrogens is 1. The van der Waals surface area contributed by atoms with Gasteiger partial charge in [0.25, 0.3) is 5.56 Å². The van der Waals surface area contributed by atoms with Crippen LogP contribution in [0, 0.1) is 0 Å². The Morgan fingerprint density at radius 1 is 1.06 bits per heavy atom. The van der Waals surface area contributed by atoms with Crippen molar-refractivity contribution >= 4 is 33.9 Å². The van der Waals surface area contributed by atoms with Gasteiger partial charge in [-0.05, 0) is 73.6 Å². The molecule has 0 aliphatic carbocycles. The van der Waals surface area contributed by atoms with Crippen molar-refractivity contribution in [1.29, 1.82) is 0 Å². The van der Waals surface area contributed by atoms with E-state index in [1.54, 1.807) is 6.26 Å². The summed E-state index contributed by atoms with van der Waals surface area (Å²) in [5, 5.41) is 4.79. The Labute approximate surface area is 198 Å². The van der Waals surface area contributed by atoms with Crippen molar-refractivity contribution in [2.45, 2.75) is 33.4 Å². The first-order chi connectivity index (χ1) is 16.1. The number of ether oxygens (including phenoxy) is 1. The average Bonchev–Trinajstić information content (AvgIpc) is 3.33. The number of aromatic amines is 1. The Morgan fingerprint density at radius 2 is 1.91 bits per heavy atom. The van der Waals surface area contributed by atoms with Crippen molar-refractivity contribution in [3.05, 3.63) is 94.2 Å². The number of nitrogens with one attached hydrogen (secondary N) is 2. The second-order valence-electron chi connectivity index (χ2n) is 7.68. The summed E-state index contributed by atoms with van der Waals surface area (Å²) in [6.07, 6.45) is 2.52. The van der Waals surface area contributed by atoms with E-state index in [9.17, 15) is 4.79 Å². The van der Waals surface area contributed by atoms with Crippen molar-refractivity contribution in [2.75, 3.05) is 11.9 Å². The van der Waals surface area contributed by atoms with Crippen LogP contribution in [0.4, 0.5) is 5.69 Å². The van der Waals surface area contributed by atoms with E-state index in [0.717, 1.165) is 34.5 Å². The fraction of sp³-hybridized carbons (Fsp3) is 0.231. The Bertz CT molecular complexity index is 1300. The lowest BCUT2D eigenvalue weighted by atomic mass is 10.1. The summed E-state index contributed by atoms with van der Waals surface area (Å²) >= 11 is 5.77. The fourth-order valence-corrected chi connectivity index (χ4v) is 3.98. The Kier molecular flexibility index (Phi) is 7.10. The molecule has 0 saturated heterocycles. The van der Waals surface area contributed by atoms with Gasteiger partial charge in [0.2, 0.25) is 0 Å². The second-order valence-corrected chi connectivity index (χ2v) is 8.07. The molecular weight excluding hydrogens is 434 g/mol. The summed E-state index contributed by atoms with van der Waals surface area (Å²) in [4.78, 5) is 17.8. The van der Waals surface area contributed by atoms with Gasteiger partial charge < -0.3 is 24.4 Å². The number of thiocarbonyl (C=S) groups is 1. The lowest BCUT2D eigenvalue weighted by Crippen LogP contribution is -2.35. The number of rotatable bonds is 8. The molecule has 0 amide bonds. The molecule has 0 atom stereocenters. The Hall–Kier alpha value is -3.58. The van der Waals surface area contributed by atoms with E-state index in [1.807, 2.05) is 66.4 Å². The summed E-state index contributed by atoms with van der Waals surface area (Å²) in [6.45, 7) is 5.39. The van der Waals surface area contributed by atoms with Gasteiger partial charge in [-0.15, -0.1) is 0 Å². The first-order valence-corrected chi connectivity index (χ1v) is 11.4. The maximum atomic E-state index is 12.9. The number of nitrogens with zero attached hydrogens (tertiary/aromatic N) is 1. The quantitative estimate of drug-likeness (QED) is 0.339. The van der Waals surface area contributed by atoms with Crippen LogP contribution in [0.15, 0.2) is 76.1 Å². The van der Waals surface area contributed by atoms with Gasteiger partial charge in [0.15, 0.2) is 5.11 Å². The molecule has 0 bridgehead atoms. The lowest BCUT2D eigenvalue weighted by molar-refractivity contribution is 0.340. The first kappa shape index (κ1) is 22.6. The zero-order valence-electron chi connectivity index (χ0n) is 18.8. The number of fused-ring (bicyclic) bond motifs is 1. The Morgan fingerprint density at radius 3 is 2.67 bits per heavy atom. The summed E-state index contributed by atoms with van der Waals surface area (Å²) < 4.78 is 11.2. The average molecular weight is 462 g/mol. The third-order valence-electron chi connectivity index (χ3n) is 5.42. The van der Waals surface area contributed by atoms with Crippen molar-refractivity contribution in [2.24, 2.45) is 0 Å². The minimum Gasteiger partial charge on any atom is -0.494 e. The van der Waals surface area contributed by atoms with Crippen LogP contribution >= 0.6 is 12.2 Å². The predicted molar refractivity (Wildman–Crippen MR) is 136 cm³/mol. The highest BCUT2D eigenvalue weighted by molar-refractivity contribution is 7.80. The molecule has 33 heavy (non-hydrogen) atoms. The van der Waals surface area contributed by atoms with E-state index in [4.69, 9.17) is 21.4 Å². The highest BCUT2D eigenvalue weighted by Crippen LogP contribution is 2.21. The standard InChI is InChI=1S/C26H27N3O3S/c1-3-18-8-5-6-10-23(18)28-26(33)29(17-22-9-7-13-32-22)16-20-14-19-15-21(31-4-2)11-12-24(19)27-25(20)30/h5-15H,3-4,16-17H2,1-2H3,(H,27,30)(H,28,33). The normalized spacial score (nSPS) is 10.8. The highest BCUT2D eigenvalue weighted by atomic mass is 32.1. The smallest absolute Gasteiger partial charge is 0.253 e. The van der Waals surface area contributed by atoms with Gasteiger partial charge in [0, 0.05) is 22.2 Å². The minimum absolute atomic E-state index is 0.145. The maximum Gasteiger partial charge on any atom is 0.253 e. The van der Waals surface area contributed by atoms with Crippen LogP contribution in [0.5, 0.6) is 5.75 Å². The molecule has 2 aromatic carbocycles. The number of furan rings is 1. The van der Waals surface area contributed by atoms with Gasteiger partial charge in [-0.2, -0.15) is 0 Å². The zero-order chi connectivity index (χ0) is 23.2. The molecule has 0 radical (unpaired) electrons. The zero-order valence-corrected chi connectivity index (χ0v) is 19.6. The van der Waals surface area contributed by atoms with E-state index < -0.39 is 0 Å². The van der Waals surface area contributed by atoms with Gasteiger partial charge in [-0.3, -0.25) is 4.79 Å². The van der Waals surface area contributed by atoms with E-state index in [-0.39, 0.29) is 5.56 Å². The van der Waals surface area contributed by atoms with Crippen LogP contribution < -0.4 is 15.6 Å². The SMILES string of the molecule is CCOc1ccc2[nH]c(=O)c(CN(Cc3ccco3)C(=S)Nc3ccccc3CC)cc2c1. The molecule has 6 nitrogen and oxygen atoms in total. The molecule has 7 heteroatoms.